The van der Waals surface area contributed by atoms with Crippen LogP contribution >= 0.6 is 0 Å². The van der Waals surface area contributed by atoms with Gasteiger partial charge >= 0.3 is 5.69 Å². The van der Waals surface area contributed by atoms with Gasteiger partial charge in [0.15, 0.2) is 0 Å². The quantitative estimate of drug-likeness (QED) is 0.452. The number of aromatic nitrogens is 2. The molecule has 0 bridgehead atoms. The van der Waals surface area contributed by atoms with Crippen molar-refractivity contribution in [3.8, 4) is 5.88 Å². The SMILES string of the molecule is O=c1[nH]c(=O)n(C2CCCCCC2)c(O)c1/C=N/Nc1ccccc1. The summed E-state index contributed by atoms with van der Waals surface area (Å²) in [6.07, 6.45) is 7.16. The minimum atomic E-state index is -0.647. The maximum Gasteiger partial charge on any atom is 0.331 e. The van der Waals surface area contributed by atoms with Crippen LogP contribution in [0.1, 0.15) is 50.1 Å². The van der Waals surface area contributed by atoms with E-state index in [1.807, 2.05) is 30.3 Å². The van der Waals surface area contributed by atoms with Crippen molar-refractivity contribution >= 4 is 11.9 Å². The van der Waals surface area contributed by atoms with E-state index in [2.05, 4.69) is 15.5 Å². The summed E-state index contributed by atoms with van der Waals surface area (Å²) in [5, 5.41) is 14.5. The molecule has 7 nitrogen and oxygen atoms in total. The highest BCUT2D eigenvalue weighted by molar-refractivity contribution is 5.82. The van der Waals surface area contributed by atoms with E-state index >= 15 is 0 Å². The van der Waals surface area contributed by atoms with Gasteiger partial charge in [-0.2, -0.15) is 5.10 Å². The molecule has 25 heavy (non-hydrogen) atoms. The van der Waals surface area contributed by atoms with Gasteiger partial charge in [-0.25, -0.2) is 4.79 Å². The number of anilines is 1. The normalized spacial score (nSPS) is 16.0. The molecule has 1 aliphatic rings. The van der Waals surface area contributed by atoms with Gasteiger partial charge in [-0.1, -0.05) is 43.9 Å². The van der Waals surface area contributed by atoms with Crippen molar-refractivity contribution < 1.29 is 5.11 Å². The molecule has 0 spiro atoms. The maximum atomic E-state index is 12.2. The van der Waals surface area contributed by atoms with E-state index in [-0.39, 0.29) is 17.5 Å². The molecular weight excluding hydrogens is 320 g/mol. The molecule has 1 aromatic heterocycles. The number of hydrogen-bond donors (Lipinski definition) is 3. The Hall–Kier alpha value is -2.83. The third-order valence-corrected chi connectivity index (χ3v) is 4.50. The van der Waals surface area contributed by atoms with Gasteiger partial charge in [0.05, 0.1) is 11.9 Å². The van der Waals surface area contributed by atoms with Crippen LogP contribution in [0.5, 0.6) is 5.88 Å². The maximum absolute atomic E-state index is 12.2. The van der Waals surface area contributed by atoms with Gasteiger partial charge in [0.25, 0.3) is 5.56 Å². The second-order valence-electron chi connectivity index (χ2n) is 6.25. The number of para-hydroxylation sites is 1. The minimum Gasteiger partial charge on any atom is -0.494 e. The number of benzene rings is 1. The van der Waals surface area contributed by atoms with Crippen LogP contribution < -0.4 is 16.7 Å². The van der Waals surface area contributed by atoms with E-state index in [1.54, 1.807) is 0 Å². The van der Waals surface area contributed by atoms with Crippen LogP contribution in [0.2, 0.25) is 0 Å². The van der Waals surface area contributed by atoms with Crippen LogP contribution in [-0.2, 0) is 0 Å². The molecule has 0 amide bonds. The molecule has 3 N–H and O–H groups in total. The molecule has 0 atom stereocenters. The van der Waals surface area contributed by atoms with E-state index in [1.165, 1.54) is 10.8 Å². The number of hydrogen-bond acceptors (Lipinski definition) is 5. The average Bonchev–Trinajstić information content (AvgIpc) is 2.88. The van der Waals surface area contributed by atoms with E-state index in [4.69, 9.17) is 0 Å². The zero-order chi connectivity index (χ0) is 17.6. The molecule has 3 rings (SSSR count). The molecule has 1 heterocycles. The van der Waals surface area contributed by atoms with Gasteiger partial charge in [0.1, 0.15) is 5.56 Å². The smallest absolute Gasteiger partial charge is 0.331 e. The predicted octanol–water partition coefficient (Wildman–Crippen LogP) is 2.58. The predicted molar refractivity (Wildman–Crippen MR) is 97.4 cm³/mol. The molecule has 132 valence electrons. The minimum absolute atomic E-state index is 0.0210. The number of H-pyrrole nitrogens is 1. The van der Waals surface area contributed by atoms with Gasteiger partial charge in [-0.15, -0.1) is 0 Å². The number of aromatic amines is 1. The first-order chi connectivity index (χ1) is 12.2. The summed E-state index contributed by atoms with van der Waals surface area (Å²) in [4.78, 5) is 26.6. The second-order valence-corrected chi connectivity index (χ2v) is 6.25. The van der Waals surface area contributed by atoms with Crippen LogP contribution in [-0.4, -0.2) is 20.9 Å². The van der Waals surface area contributed by atoms with Gasteiger partial charge in [-0.3, -0.25) is 19.8 Å². The first-order valence-corrected chi connectivity index (χ1v) is 8.58. The van der Waals surface area contributed by atoms with Crippen LogP contribution in [0.25, 0.3) is 0 Å². The summed E-state index contributed by atoms with van der Waals surface area (Å²) in [5.74, 6) is -0.320. The monoisotopic (exact) mass is 342 g/mol. The van der Waals surface area contributed by atoms with E-state index in [0.717, 1.165) is 44.2 Å². The Labute approximate surface area is 145 Å². The van der Waals surface area contributed by atoms with Gasteiger partial charge in [-0.05, 0) is 25.0 Å². The molecule has 7 heteroatoms. The fraction of sp³-hybridized carbons (Fsp3) is 0.389. The molecule has 1 aromatic carbocycles. The van der Waals surface area contributed by atoms with E-state index in [9.17, 15) is 14.7 Å². The summed E-state index contributed by atoms with van der Waals surface area (Å²) in [7, 11) is 0. The molecule has 1 saturated carbocycles. The number of hydrazone groups is 1. The Balaban J connectivity index is 1.90. The first kappa shape index (κ1) is 17.0. The highest BCUT2D eigenvalue weighted by Gasteiger charge is 2.21. The van der Waals surface area contributed by atoms with Crippen LogP contribution in [0.4, 0.5) is 5.69 Å². The third kappa shape index (κ3) is 3.99. The summed E-state index contributed by atoms with van der Waals surface area (Å²) in [5.41, 5.74) is 2.31. The molecular formula is C18H22N4O3. The molecule has 0 saturated heterocycles. The number of rotatable bonds is 4. The van der Waals surface area contributed by atoms with Crippen molar-refractivity contribution in [1.29, 1.82) is 0 Å². The zero-order valence-electron chi connectivity index (χ0n) is 13.9. The van der Waals surface area contributed by atoms with E-state index < -0.39 is 11.2 Å². The van der Waals surface area contributed by atoms with Crippen molar-refractivity contribution in [3.05, 3.63) is 56.7 Å². The largest absolute Gasteiger partial charge is 0.494 e. The Kier molecular flexibility index (Phi) is 5.33. The lowest BCUT2D eigenvalue weighted by atomic mass is 10.1. The summed E-state index contributed by atoms with van der Waals surface area (Å²) in [6, 6.07) is 9.15. The molecule has 1 fully saturated rings. The molecule has 0 aliphatic heterocycles. The Bertz CT molecular complexity index is 847. The van der Waals surface area contributed by atoms with Gasteiger partial charge in [0, 0.05) is 6.04 Å². The van der Waals surface area contributed by atoms with Gasteiger partial charge < -0.3 is 5.11 Å². The average molecular weight is 342 g/mol. The standard InChI is InChI=1S/C18H22N4O3/c23-16-15(12-19-21-13-8-4-3-5-9-13)17(24)22(18(25)20-16)14-10-6-1-2-7-11-14/h3-5,8-9,12,14,21,24H,1-2,6-7,10-11H2,(H,20,23,25)/b19-12+. The van der Waals surface area contributed by atoms with Crippen molar-refractivity contribution in [2.45, 2.75) is 44.6 Å². The lowest BCUT2D eigenvalue weighted by Gasteiger charge is -2.19. The number of nitrogens with zero attached hydrogens (tertiary/aromatic N) is 2. The lowest BCUT2D eigenvalue weighted by Crippen LogP contribution is -2.34. The number of nitrogens with one attached hydrogen (secondary N) is 2. The molecule has 0 radical (unpaired) electrons. The van der Waals surface area contributed by atoms with Gasteiger partial charge in [0.2, 0.25) is 5.88 Å². The Morgan fingerprint density at radius 1 is 1.12 bits per heavy atom. The molecule has 2 aromatic rings. The second kappa shape index (κ2) is 7.83. The van der Waals surface area contributed by atoms with E-state index in [0.29, 0.717) is 0 Å². The van der Waals surface area contributed by atoms with Crippen LogP contribution in [0, 0.1) is 0 Å². The third-order valence-electron chi connectivity index (χ3n) is 4.50. The van der Waals surface area contributed by atoms with Crippen molar-refractivity contribution in [3.63, 3.8) is 0 Å². The lowest BCUT2D eigenvalue weighted by molar-refractivity contribution is 0.339. The fourth-order valence-corrected chi connectivity index (χ4v) is 3.21. The molecule has 0 unspecified atom stereocenters. The Morgan fingerprint density at radius 3 is 2.48 bits per heavy atom. The fourth-order valence-electron chi connectivity index (χ4n) is 3.21. The highest BCUT2D eigenvalue weighted by atomic mass is 16.3. The highest BCUT2D eigenvalue weighted by Crippen LogP contribution is 2.28. The zero-order valence-corrected chi connectivity index (χ0v) is 13.9. The summed E-state index contributed by atoms with van der Waals surface area (Å²) in [6.45, 7) is 0. The van der Waals surface area contributed by atoms with Crippen LogP contribution in [0.15, 0.2) is 45.0 Å². The topological polar surface area (TPSA) is 99.5 Å². The summed E-state index contributed by atoms with van der Waals surface area (Å²) < 4.78 is 1.30. The Morgan fingerprint density at radius 2 is 1.80 bits per heavy atom. The summed E-state index contributed by atoms with van der Waals surface area (Å²) >= 11 is 0. The van der Waals surface area contributed by atoms with Crippen molar-refractivity contribution in [2.75, 3.05) is 5.43 Å². The van der Waals surface area contributed by atoms with Crippen molar-refractivity contribution in [2.24, 2.45) is 5.10 Å². The van der Waals surface area contributed by atoms with Crippen molar-refractivity contribution in [1.82, 2.24) is 9.55 Å². The molecule has 1 aliphatic carbocycles. The first-order valence-electron chi connectivity index (χ1n) is 8.58. The van der Waals surface area contributed by atoms with Crippen LogP contribution in [0.3, 0.4) is 0 Å². The number of aromatic hydroxyl groups is 1.